The molecular formula is C25H35N3O. The normalized spacial score (nSPS) is 15.7. The van der Waals surface area contributed by atoms with E-state index in [1.165, 1.54) is 16.7 Å². The molecule has 156 valence electrons. The highest BCUT2D eigenvalue weighted by molar-refractivity contribution is 5.91. The van der Waals surface area contributed by atoms with Crippen LogP contribution in [0.15, 0.2) is 48.5 Å². The summed E-state index contributed by atoms with van der Waals surface area (Å²) >= 11 is 0. The third-order valence-electron chi connectivity index (χ3n) is 5.78. The van der Waals surface area contributed by atoms with Crippen LogP contribution in [0.3, 0.4) is 0 Å². The molecule has 2 aromatic carbocycles. The first-order chi connectivity index (χ1) is 13.9. The quantitative estimate of drug-likeness (QED) is 0.659. The number of benzene rings is 2. The Kier molecular flexibility index (Phi) is 7.32. The molecule has 0 saturated carbocycles. The number of hydrogen-bond donors (Lipinski definition) is 2. The van der Waals surface area contributed by atoms with Crippen molar-refractivity contribution in [1.82, 2.24) is 10.2 Å². The summed E-state index contributed by atoms with van der Waals surface area (Å²) in [5.41, 5.74) is 4.73. The summed E-state index contributed by atoms with van der Waals surface area (Å²) in [6.45, 7) is 11.7. The Labute approximate surface area is 175 Å². The average molecular weight is 394 g/mol. The van der Waals surface area contributed by atoms with Crippen LogP contribution in [0.1, 0.15) is 69.1 Å². The van der Waals surface area contributed by atoms with Gasteiger partial charge in [0, 0.05) is 31.4 Å². The van der Waals surface area contributed by atoms with Crippen molar-refractivity contribution in [3.8, 4) is 0 Å². The number of urea groups is 1. The maximum absolute atomic E-state index is 12.8. The van der Waals surface area contributed by atoms with Crippen molar-refractivity contribution in [3.05, 3.63) is 65.2 Å². The zero-order valence-electron chi connectivity index (χ0n) is 18.2. The average Bonchev–Trinajstić information content (AvgIpc) is 2.70. The maximum atomic E-state index is 12.8. The predicted octanol–water partition coefficient (Wildman–Crippen LogP) is 5.72. The number of anilines is 1. The second-order valence-corrected chi connectivity index (χ2v) is 8.76. The minimum Gasteiger partial charge on any atom is -0.335 e. The summed E-state index contributed by atoms with van der Waals surface area (Å²) in [7, 11) is 0. The minimum absolute atomic E-state index is 0.0819. The zero-order valence-corrected chi connectivity index (χ0v) is 18.2. The fourth-order valence-electron chi connectivity index (χ4n) is 4.11. The largest absolute Gasteiger partial charge is 0.335 e. The highest BCUT2D eigenvalue weighted by atomic mass is 16.2. The SMILES string of the molecule is CC(C)c1cccc(C(C)C)c1NC(=O)NC1CCN(Cc2ccccc2)CC1. The second-order valence-electron chi connectivity index (χ2n) is 8.76. The van der Waals surface area contributed by atoms with Gasteiger partial charge in [0.25, 0.3) is 0 Å². The number of piperidine rings is 1. The van der Waals surface area contributed by atoms with Crippen molar-refractivity contribution in [2.45, 2.75) is 65.0 Å². The molecular weight excluding hydrogens is 358 g/mol. The van der Waals surface area contributed by atoms with Gasteiger partial charge < -0.3 is 10.6 Å². The molecule has 3 rings (SSSR count). The molecule has 1 fully saturated rings. The lowest BCUT2D eigenvalue weighted by Crippen LogP contribution is -2.45. The van der Waals surface area contributed by atoms with Gasteiger partial charge in [-0.25, -0.2) is 4.79 Å². The van der Waals surface area contributed by atoms with Crippen LogP contribution in [-0.4, -0.2) is 30.1 Å². The van der Waals surface area contributed by atoms with E-state index in [1.54, 1.807) is 0 Å². The number of rotatable bonds is 6. The van der Waals surface area contributed by atoms with E-state index < -0.39 is 0 Å². The number of likely N-dealkylation sites (tertiary alicyclic amines) is 1. The van der Waals surface area contributed by atoms with E-state index in [4.69, 9.17) is 0 Å². The summed E-state index contributed by atoms with van der Waals surface area (Å²) in [5, 5.41) is 6.38. The summed E-state index contributed by atoms with van der Waals surface area (Å²) in [5.74, 6) is 0.732. The van der Waals surface area contributed by atoms with Gasteiger partial charge in [0.15, 0.2) is 0 Å². The molecule has 0 atom stereocenters. The highest BCUT2D eigenvalue weighted by Crippen LogP contribution is 2.32. The maximum Gasteiger partial charge on any atom is 0.319 e. The van der Waals surface area contributed by atoms with E-state index in [1.807, 2.05) is 0 Å². The van der Waals surface area contributed by atoms with E-state index in [-0.39, 0.29) is 12.1 Å². The highest BCUT2D eigenvalue weighted by Gasteiger charge is 2.22. The summed E-state index contributed by atoms with van der Waals surface area (Å²) in [6.07, 6.45) is 1.98. The first kappa shape index (κ1) is 21.4. The Hall–Kier alpha value is -2.33. The zero-order chi connectivity index (χ0) is 20.8. The van der Waals surface area contributed by atoms with Gasteiger partial charge in [-0.05, 0) is 41.4 Å². The van der Waals surface area contributed by atoms with Gasteiger partial charge in [0.1, 0.15) is 0 Å². The lowest BCUT2D eigenvalue weighted by atomic mass is 9.93. The van der Waals surface area contributed by atoms with E-state index in [0.29, 0.717) is 11.8 Å². The molecule has 1 aliphatic heterocycles. The Bertz CT molecular complexity index is 767. The number of hydrogen-bond acceptors (Lipinski definition) is 2. The molecule has 2 aromatic rings. The Morgan fingerprint density at radius 1 is 0.931 bits per heavy atom. The van der Waals surface area contributed by atoms with Crippen LogP contribution >= 0.6 is 0 Å². The van der Waals surface area contributed by atoms with Crippen molar-refractivity contribution in [3.63, 3.8) is 0 Å². The number of amides is 2. The number of nitrogens with zero attached hydrogens (tertiary/aromatic N) is 1. The number of carbonyl (C=O) groups is 1. The third-order valence-corrected chi connectivity index (χ3v) is 5.78. The van der Waals surface area contributed by atoms with E-state index in [9.17, 15) is 4.79 Å². The van der Waals surface area contributed by atoms with Crippen molar-refractivity contribution in [1.29, 1.82) is 0 Å². The summed E-state index contributed by atoms with van der Waals surface area (Å²) < 4.78 is 0. The van der Waals surface area contributed by atoms with Crippen molar-refractivity contribution in [2.75, 3.05) is 18.4 Å². The lowest BCUT2D eigenvalue weighted by Gasteiger charge is -2.32. The molecule has 4 nitrogen and oxygen atoms in total. The van der Waals surface area contributed by atoms with Gasteiger partial charge in [-0.1, -0.05) is 76.2 Å². The predicted molar refractivity (Wildman–Crippen MR) is 122 cm³/mol. The van der Waals surface area contributed by atoms with Crippen LogP contribution in [-0.2, 0) is 6.54 Å². The standard InChI is InChI=1S/C25H35N3O/c1-18(2)22-11-8-12-23(19(3)4)24(22)27-25(29)26-21-13-15-28(16-14-21)17-20-9-6-5-7-10-20/h5-12,18-19,21H,13-17H2,1-4H3,(H2,26,27,29). The van der Waals surface area contributed by atoms with Gasteiger partial charge in [-0.3, -0.25) is 4.90 Å². The van der Waals surface area contributed by atoms with Crippen molar-refractivity contribution >= 4 is 11.7 Å². The molecule has 0 spiro atoms. The monoisotopic (exact) mass is 393 g/mol. The first-order valence-corrected chi connectivity index (χ1v) is 10.9. The molecule has 0 bridgehead atoms. The second kappa shape index (κ2) is 9.93. The molecule has 1 saturated heterocycles. The van der Waals surface area contributed by atoms with E-state index >= 15 is 0 Å². The Balaban J connectivity index is 1.56. The van der Waals surface area contributed by atoms with Gasteiger partial charge in [-0.2, -0.15) is 0 Å². The lowest BCUT2D eigenvalue weighted by molar-refractivity contribution is 0.190. The molecule has 2 amide bonds. The van der Waals surface area contributed by atoms with Crippen molar-refractivity contribution in [2.24, 2.45) is 0 Å². The van der Waals surface area contributed by atoms with Crippen LogP contribution < -0.4 is 10.6 Å². The molecule has 0 radical (unpaired) electrons. The summed E-state index contributed by atoms with van der Waals surface area (Å²) in [6, 6.07) is 17.1. The van der Waals surface area contributed by atoms with Crippen LogP contribution in [0, 0.1) is 0 Å². The molecule has 0 aliphatic carbocycles. The van der Waals surface area contributed by atoms with Crippen LogP contribution in [0.5, 0.6) is 0 Å². The fraction of sp³-hybridized carbons (Fsp3) is 0.480. The minimum atomic E-state index is -0.0819. The molecule has 2 N–H and O–H groups in total. The van der Waals surface area contributed by atoms with Gasteiger partial charge in [0.05, 0.1) is 0 Å². The number of para-hydroxylation sites is 1. The summed E-state index contributed by atoms with van der Waals surface area (Å²) in [4.78, 5) is 15.2. The van der Waals surface area contributed by atoms with Gasteiger partial charge in [-0.15, -0.1) is 0 Å². The van der Waals surface area contributed by atoms with Crippen LogP contribution in [0.25, 0.3) is 0 Å². The molecule has 1 aliphatic rings. The Morgan fingerprint density at radius 3 is 2.07 bits per heavy atom. The fourth-order valence-corrected chi connectivity index (χ4v) is 4.11. The smallest absolute Gasteiger partial charge is 0.319 e. The van der Waals surface area contributed by atoms with Crippen molar-refractivity contribution < 1.29 is 4.79 Å². The number of nitrogens with one attached hydrogen (secondary N) is 2. The van der Waals surface area contributed by atoms with Crippen LogP contribution in [0.2, 0.25) is 0 Å². The Morgan fingerprint density at radius 2 is 1.52 bits per heavy atom. The van der Waals surface area contributed by atoms with E-state index in [2.05, 4.69) is 91.8 Å². The first-order valence-electron chi connectivity index (χ1n) is 10.9. The molecule has 1 heterocycles. The molecule has 4 heteroatoms. The van der Waals surface area contributed by atoms with Gasteiger partial charge >= 0.3 is 6.03 Å². The van der Waals surface area contributed by atoms with Gasteiger partial charge in [0.2, 0.25) is 0 Å². The molecule has 0 aromatic heterocycles. The third kappa shape index (κ3) is 5.83. The van der Waals surface area contributed by atoms with E-state index in [0.717, 1.165) is 38.2 Å². The number of carbonyl (C=O) groups excluding carboxylic acids is 1. The molecule has 29 heavy (non-hydrogen) atoms. The van der Waals surface area contributed by atoms with Crippen LogP contribution in [0.4, 0.5) is 10.5 Å². The molecule has 0 unspecified atom stereocenters. The topological polar surface area (TPSA) is 44.4 Å².